The van der Waals surface area contributed by atoms with Crippen LogP contribution in [0.3, 0.4) is 0 Å². The van der Waals surface area contributed by atoms with Gasteiger partial charge in [-0.15, -0.1) is 24.0 Å². The number of rotatable bonds is 3. The number of halogens is 1. The summed E-state index contributed by atoms with van der Waals surface area (Å²) in [4.78, 5) is 13.6. The van der Waals surface area contributed by atoms with Gasteiger partial charge in [-0.1, -0.05) is 23.7 Å². The molecule has 0 bridgehead atoms. The molecule has 5 heteroatoms. The highest BCUT2D eigenvalue weighted by Gasteiger charge is 2.08. The number of benzene rings is 1. The highest BCUT2D eigenvalue weighted by Crippen LogP contribution is 2.21. The third-order valence-corrected chi connectivity index (χ3v) is 3.82. The smallest absolute Gasteiger partial charge is 0.252 e. The topological polar surface area (TPSA) is 29.1 Å². The van der Waals surface area contributed by atoms with Crippen LogP contribution >= 0.6 is 35.6 Å². The quantitative estimate of drug-likeness (QED) is 0.828. The van der Waals surface area contributed by atoms with Crippen LogP contribution in [0.2, 0.25) is 4.34 Å². The van der Waals surface area contributed by atoms with Crippen LogP contribution in [-0.2, 0) is 6.54 Å². The first-order valence-corrected chi connectivity index (χ1v) is 6.61. The summed E-state index contributed by atoms with van der Waals surface area (Å²) in [6.45, 7) is 0.484. The van der Waals surface area contributed by atoms with Crippen molar-refractivity contribution in [3.05, 3.63) is 51.2 Å². The fourth-order valence-electron chi connectivity index (χ4n) is 1.38. The summed E-state index contributed by atoms with van der Waals surface area (Å²) in [5.41, 5.74) is 0.582. The molecule has 1 heterocycles. The maximum absolute atomic E-state index is 11.9. The molecule has 0 saturated carbocycles. The predicted octanol–water partition coefficient (Wildman–Crippen LogP) is 3.62. The number of hydrogen-bond donors (Lipinski definition) is 2. The standard InChI is InChI=1S/C12H10ClNOS2/c13-11-6-5-8(17-11)7-14-12(15)9-3-1-2-4-10(9)16/h1-6,16H,7H2,(H,14,15). The third kappa shape index (κ3) is 3.25. The van der Waals surface area contributed by atoms with Crippen LogP contribution in [0.4, 0.5) is 0 Å². The molecule has 0 atom stereocenters. The van der Waals surface area contributed by atoms with Gasteiger partial charge in [-0.3, -0.25) is 4.79 Å². The molecule has 0 aliphatic carbocycles. The fraction of sp³-hybridized carbons (Fsp3) is 0.0833. The molecule has 2 nitrogen and oxygen atoms in total. The van der Waals surface area contributed by atoms with E-state index >= 15 is 0 Å². The van der Waals surface area contributed by atoms with Gasteiger partial charge in [0, 0.05) is 9.77 Å². The summed E-state index contributed by atoms with van der Waals surface area (Å²) < 4.78 is 0.726. The molecule has 1 amide bonds. The van der Waals surface area contributed by atoms with Crippen molar-refractivity contribution >= 4 is 41.5 Å². The van der Waals surface area contributed by atoms with Crippen molar-refractivity contribution in [2.24, 2.45) is 0 Å². The van der Waals surface area contributed by atoms with Gasteiger partial charge < -0.3 is 5.32 Å². The highest BCUT2D eigenvalue weighted by molar-refractivity contribution is 7.80. The van der Waals surface area contributed by atoms with Gasteiger partial charge >= 0.3 is 0 Å². The molecule has 0 unspecified atom stereocenters. The highest BCUT2D eigenvalue weighted by atomic mass is 35.5. The lowest BCUT2D eigenvalue weighted by molar-refractivity contribution is 0.0948. The normalized spacial score (nSPS) is 10.2. The number of carbonyl (C=O) groups excluding carboxylic acids is 1. The third-order valence-electron chi connectivity index (χ3n) is 2.20. The molecule has 0 aliphatic rings. The number of carbonyl (C=O) groups is 1. The Bertz CT molecular complexity index is 539. The van der Waals surface area contributed by atoms with Gasteiger partial charge in [-0.05, 0) is 24.3 Å². The second-order valence-corrected chi connectivity index (χ2v) is 5.69. The van der Waals surface area contributed by atoms with E-state index in [1.807, 2.05) is 24.3 Å². The van der Waals surface area contributed by atoms with Crippen molar-refractivity contribution < 1.29 is 4.79 Å². The maximum Gasteiger partial charge on any atom is 0.252 e. The predicted molar refractivity (Wildman–Crippen MR) is 74.2 cm³/mol. The van der Waals surface area contributed by atoms with Gasteiger partial charge in [0.1, 0.15) is 0 Å². The van der Waals surface area contributed by atoms with E-state index in [1.165, 1.54) is 11.3 Å². The number of thiol groups is 1. The van der Waals surface area contributed by atoms with Crippen molar-refractivity contribution in [1.82, 2.24) is 5.32 Å². The molecule has 17 heavy (non-hydrogen) atoms. The lowest BCUT2D eigenvalue weighted by Gasteiger charge is -2.05. The van der Waals surface area contributed by atoms with Gasteiger partial charge in [0.15, 0.2) is 0 Å². The van der Waals surface area contributed by atoms with E-state index in [2.05, 4.69) is 17.9 Å². The van der Waals surface area contributed by atoms with Crippen molar-refractivity contribution in [3.63, 3.8) is 0 Å². The number of amides is 1. The fourth-order valence-corrected chi connectivity index (χ4v) is 2.66. The Hall–Kier alpha value is -0.970. The lowest BCUT2D eigenvalue weighted by atomic mass is 10.2. The molecule has 1 N–H and O–H groups in total. The summed E-state index contributed by atoms with van der Waals surface area (Å²) in [7, 11) is 0. The van der Waals surface area contributed by atoms with E-state index in [0.717, 1.165) is 9.21 Å². The minimum Gasteiger partial charge on any atom is -0.347 e. The zero-order chi connectivity index (χ0) is 12.3. The Morgan fingerprint density at radius 3 is 2.71 bits per heavy atom. The molecule has 0 fully saturated rings. The molecule has 88 valence electrons. The average molecular weight is 284 g/mol. The van der Waals surface area contributed by atoms with E-state index in [4.69, 9.17) is 11.6 Å². The van der Waals surface area contributed by atoms with E-state index in [0.29, 0.717) is 17.0 Å². The van der Waals surface area contributed by atoms with Crippen molar-refractivity contribution in [2.75, 3.05) is 0 Å². The van der Waals surface area contributed by atoms with E-state index in [1.54, 1.807) is 12.1 Å². The molecule has 0 radical (unpaired) electrons. The summed E-state index contributed by atoms with van der Waals surface area (Å²) in [6, 6.07) is 10.9. The molecule has 2 rings (SSSR count). The van der Waals surface area contributed by atoms with Gasteiger partial charge in [-0.25, -0.2) is 0 Å². The van der Waals surface area contributed by atoms with Gasteiger partial charge in [0.2, 0.25) is 0 Å². The van der Waals surface area contributed by atoms with Crippen molar-refractivity contribution in [2.45, 2.75) is 11.4 Å². The zero-order valence-electron chi connectivity index (χ0n) is 8.81. The van der Waals surface area contributed by atoms with E-state index < -0.39 is 0 Å². The van der Waals surface area contributed by atoms with Gasteiger partial charge in [0.25, 0.3) is 5.91 Å². The monoisotopic (exact) mass is 283 g/mol. The largest absolute Gasteiger partial charge is 0.347 e. The molecular formula is C12H10ClNOS2. The van der Waals surface area contributed by atoms with Gasteiger partial charge in [0.05, 0.1) is 16.4 Å². The first kappa shape index (κ1) is 12.5. The number of thiophene rings is 1. The second kappa shape index (κ2) is 5.58. The molecular weight excluding hydrogens is 274 g/mol. The Morgan fingerprint density at radius 2 is 2.06 bits per heavy atom. The molecule has 0 saturated heterocycles. The average Bonchev–Trinajstić information content (AvgIpc) is 2.73. The summed E-state index contributed by atoms with van der Waals surface area (Å²) in [5, 5.41) is 2.83. The van der Waals surface area contributed by atoms with E-state index in [-0.39, 0.29) is 5.91 Å². The zero-order valence-corrected chi connectivity index (χ0v) is 11.3. The Labute approximate surface area is 114 Å². The first-order valence-electron chi connectivity index (χ1n) is 4.97. The summed E-state index contributed by atoms with van der Waals surface area (Å²) in [6.07, 6.45) is 0. The Kier molecular flexibility index (Phi) is 4.10. The van der Waals surface area contributed by atoms with Gasteiger partial charge in [-0.2, -0.15) is 0 Å². The molecule has 1 aromatic carbocycles. The Morgan fingerprint density at radius 1 is 1.29 bits per heavy atom. The van der Waals surface area contributed by atoms with Crippen molar-refractivity contribution in [3.8, 4) is 0 Å². The van der Waals surface area contributed by atoms with Crippen LogP contribution in [0, 0.1) is 0 Å². The summed E-state index contributed by atoms with van der Waals surface area (Å²) in [5.74, 6) is -0.125. The minimum absolute atomic E-state index is 0.125. The SMILES string of the molecule is O=C(NCc1ccc(Cl)s1)c1ccccc1S. The lowest BCUT2D eigenvalue weighted by Crippen LogP contribution is -2.22. The maximum atomic E-state index is 11.9. The molecule has 1 aromatic heterocycles. The van der Waals surface area contributed by atoms with Crippen LogP contribution < -0.4 is 5.32 Å². The van der Waals surface area contributed by atoms with Crippen LogP contribution in [0.15, 0.2) is 41.3 Å². The van der Waals surface area contributed by atoms with Crippen LogP contribution in [0.1, 0.15) is 15.2 Å². The molecule has 0 spiro atoms. The second-order valence-electron chi connectivity index (χ2n) is 3.41. The van der Waals surface area contributed by atoms with Crippen molar-refractivity contribution in [1.29, 1.82) is 0 Å². The summed E-state index contributed by atoms with van der Waals surface area (Å²) >= 11 is 11.5. The molecule has 0 aliphatic heterocycles. The number of nitrogens with one attached hydrogen (secondary N) is 1. The minimum atomic E-state index is -0.125. The van der Waals surface area contributed by atoms with Crippen LogP contribution in [0.25, 0.3) is 0 Å². The van der Waals surface area contributed by atoms with Crippen LogP contribution in [0.5, 0.6) is 0 Å². The molecule has 2 aromatic rings. The van der Waals surface area contributed by atoms with E-state index in [9.17, 15) is 4.79 Å². The van der Waals surface area contributed by atoms with Crippen LogP contribution in [-0.4, -0.2) is 5.91 Å². The first-order chi connectivity index (χ1) is 8.16. The number of hydrogen-bond acceptors (Lipinski definition) is 3. The Balaban J connectivity index is 2.01.